The first-order valence-corrected chi connectivity index (χ1v) is 8.12. The first-order valence-electron chi connectivity index (χ1n) is 5.76. The van der Waals surface area contributed by atoms with Gasteiger partial charge in [-0.1, -0.05) is 12.1 Å². The number of sulfonamides is 1. The Balaban J connectivity index is 2.05. The van der Waals surface area contributed by atoms with Crippen LogP contribution in [0.25, 0.3) is 10.8 Å². The summed E-state index contributed by atoms with van der Waals surface area (Å²) in [4.78, 5) is 4.03. The summed E-state index contributed by atoms with van der Waals surface area (Å²) in [5.74, 6) is 0. The van der Waals surface area contributed by atoms with Gasteiger partial charge in [0.2, 0.25) is 0 Å². The lowest BCUT2D eigenvalue weighted by Crippen LogP contribution is -2.11. The molecule has 0 spiro atoms. The average molecular weight is 305 g/mol. The Kier molecular flexibility index (Phi) is 3.07. The first kappa shape index (κ1) is 12.9. The van der Waals surface area contributed by atoms with Crippen molar-refractivity contribution in [2.45, 2.75) is 4.21 Å². The van der Waals surface area contributed by atoms with Gasteiger partial charge in [-0.05, 0) is 23.6 Å². The number of pyridine rings is 1. The normalized spacial score (nSPS) is 11.6. The number of hydrogen-bond donors (Lipinski definition) is 2. The third kappa shape index (κ3) is 2.33. The minimum atomic E-state index is -3.62. The van der Waals surface area contributed by atoms with Gasteiger partial charge in [0.1, 0.15) is 4.21 Å². The number of benzene rings is 1. The van der Waals surface area contributed by atoms with Gasteiger partial charge in [-0.25, -0.2) is 8.42 Å². The lowest BCUT2D eigenvalue weighted by molar-refractivity contribution is 0.603. The van der Waals surface area contributed by atoms with Crippen LogP contribution in [0.5, 0.6) is 0 Å². The van der Waals surface area contributed by atoms with E-state index in [9.17, 15) is 8.42 Å². The lowest BCUT2D eigenvalue weighted by Gasteiger charge is -2.09. The monoisotopic (exact) mass is 305 g/mol. The molecular formula is C13H11N3O2S2. The van der Waals surface area contributed by atoms with E-state index in [1.807, 2.05) is 12.1 Å². The van der Waals surface area contributed by atoms with E-state index in [4.69, 9.17) is 5.73 Å². The summed E-state index contributed by atoms with van der Waals surface area (Å²) in [7, 11) is -3.62. The van der Waals surface area contributed by atoms with Gasteiger partial charge in [-0.2, -0.15) is 0 Å². The number of nitrogen functional groups attached to an aromatic ring is 1. The first-order chi connectivity index (χ1) is 9.56. The van der Waals surface area contributed by atoms with Crippen LogP contribution in [0.15, 0.2) is 52.3 Å². The molecule has 0 fully saturated rings. The van der Waals surface area contributed by atoms with Crippen molar-refractivity contribution in [3.05, 3.63) is 48.1 Å². The van der Waals surface area contributed by atoms with Crippen LogP contribution in [-0.4, -0.2) is 13.4 Å². The Morgan fingerprint density at radius 2 is 2.10 bits per heavy atom. The van der Waals surface area contributed by atoms with E-state index >= 15 is 0 Å². The molecule has 0 saturated carbocycles. The van der Waals surface area contributed by atoms with Gasteiger partial charge in [-0.3, -0.25) is 9.71 Å². The van der Waals surface area contributed by atoms with Gasteiger partial charge >= 0.3 is 0 Å². The van der Waals surface area contributed by atoms with Crippen LogP contribution in [0.3, 0.4) is 0 Å². The summed E-state index contributed by atoms with van der Waals surface area (Å²) in [6, 6.07) is 8.67. The molecule has 2 aromatic heterocycles. The Morgan fingerprint density at radius 3 is 2.85 bits per heavy atom. The van der Waals surface area contributed by atoms with Crippen molar-refractivity contribution in [3.8, 4) is 0 Å². The fourth-order valence-corrected chi connectivity index (χ4v) is 4.03. The van der Waals surface area contributed by atoms with Gasteiger partial charge in [0, 0.05) is 28.8 Å². The zero-order chi connectivity index (χ0) is 14.2. The Bertz CT molecular complexity index is 867. The van der Waals surface area contributed by atoms with E-state index in [2.05, 4.69) is 9.71 Å². The Hall–Kier alpha value is -2.12. The average Bonchev–Trinajstić information content (AvgIpc) is 2.86. The molecule has 3 aromatic rings. The predicted octanol–water partition coefficient (Wildman–Crippen LogP) is 2.68. The minimum Gasteiger partial charge on any atom is -0.398 e. The zero-order valence-electron chi connectivity index (χ0n) is 10.3. The maximum absolute atomic E-state index is 12.3. The summed E-state index contributed by atoms with van der Waals surface area (Å²) in [5, 5.41) is 3.27. The Labute approximate surface area is 120 Å². The van der Waals surface area contributed by atoms with Crippen molar-refractivity contribution < 1.29 is 8.42 Å². The second-order valence-corrected chi connectivity index (χ2v) is 7.03. The number of rotatable bonds is 3. The second kappa shape index (κ2) is 4.77. The van der Waals surface area contributed by atoms with Crippen molar-refractivity contribution in [2.75, 3.05) is 10.5 Å². The largest absolute Gasteiger partial charge is 0.398 e. The highest BCUT2D eigenvalue weighted by Gasteiger charge is 2.17. The topological polar surface area (TPSA) is 85.1 Å². The number of nitrogens with zero attached hydrogens (tertiary/aromatic N) is 1. The van der Waals surface area contributed by atoms with Crippen LogP contribution in [0, 0.1) is 0 Å². The molecule has 102 valence electrons. The predicted molar refractivity (Wildman–Crippen MR) is 81.3 cm³/mol. The smallest absolute Gasteiger partial charge is 0.271 e. The number of fused-ring (bicyclic) bond motifs is 1. The van der Waals surface area contributed by atoms with E-state index in [-0.39, 0.29) is 4.21 Å². The lowest BCUT2D eigenvalue weighted by atomic mass is 10.1. The van der Waals surface area contributed by atoms with Gasteiger partial charge in [0.25, 0.3) is 10.0 Å². The highest BCUT2D eigenvalue weighted by Crippen LogP contribution is 2.27. The minimum absolute atomic E-state index is 0.191. The zero-order valence-corrected chi connectivity index (χ0v) is 11.9. The molecule has 1 aromatic carbocycles. The second-order valence-electron chi connectivity index (χ2n) is 4.21. The highest BCUT2D eigenvalue weighted by atomic mass is 32.2. The molecule has 0 aliphatic rings. The number of nitrogens with one attached hydrogen (secondary N) is 1. The SMILES string of the molecule is Nc1csc(S(=O)(=O)Nc2cccc3ccncc23)c1. The van der Waals surface area contributed by atoms with Gasteiger partial charge in [0.15, 0.2) is 0 Å². The summed E-state index contributed by atoms with van der Waals surface area (Å²) in [5.41, 5.74) is 6.51. The number of nitrogens with two attached hydrogens (primary N) is 1. The van der Waals surface area contributed by atoms with Crippen LogP contribution in [0.1, 0.15) is 0 Å². The summed E-state index contributed by atoms with van der Waals surface area (Å²) < 4.78 is 27.3. The molecule has 0 unspecified atom stereocenters. The van der Waals surface area contributed by atoms with Gasteiger partial charge in [0.05, 0.1) is 5.69 Å². The maximum atomic E-state index is 12.3. The van der Waals surface area contributed by atoms with E-state index in [0.29, 0.717) is 11.4 Å². The maximum Gasteiger partial charge on any atom is 0.271 e. The van der Waals surface area contributed by atoms with Gasteiger partial charge in [-0.15, -0.1) is 11.3 Å². The van der Waals surface area contributed by atoms with E-state index in [1.54, 1.807) is 29.9 Å². The fourth-order valence-electron chi connectivity index (χ4n) is 1.87. The molecule has 20 heavy (non-hydrogen) atoms. The molecule has 0 saturated heterocycles. The van der Waals surface area contributed by atoms with E-state index in [1.165, 1.54) is 6.07 Å². The number of aromatic nitrogens is 1. The molecule has 3 N–H and O–H groups in total. The van der Waals surface area contributed by atoms with Crippen LogP contribution < -0.4 is 10.5 Å². The standard InChI is InChI=1S/C13H11N3O2S2/c14-10-6-13(19-8-10)20(17,18)16-12-3-1-2-9-4-5-15-7-11(9)12/h1-8,16H,14H2. The highest BCUT2D eigenvalue weighted by molar-refractivity contribution is 7.94. The molecule has 2 heterocycles. The third-order valence-corrected chi connectivity index (χ3v) is 5.61. The van der Waals surface area contributed by atoms with Crippen LogP contribution in [0.2, 0.25) is 0 Å². The third-order valence-electron chi connectivity index (χ3n) is 2.79. The molecule has 0 amide bonds. The van der Waals surface area contributed by atoms with Crippen molar-refractivity contribution >= 4 is 43.5 Å². The molecule has 3 rings (SSSR count). The van der Waals surface area contributed by atoms with Crippen molar-refractivity contribution in [3.63, 3.8) is 0 Å². The van der Waals surface area contributed by atoms with Crippen molar-refractivity contribution in [1.82, 2.24) is 4.98 Å². The molecule has 7 heteroatoms. The van der Waals surface area contributed by atoms with Crippen LogP contribution in [0.4, 0.5) is 11.4 Å². The molecule has 0 bridgehead atoms. The van der Waals surface area contributed by atoms with E-state index < -0.39 is 10.0 Å². The van der Waals surface area contributed by atoms with Crippen LogP contribution >= 0.6 is 11.3 Å². The molecule has 5 nitrogen and oxygen atoms in total. The quantitative estimate of drug-likeness (QED) is 0.779. The van der Waals surface area contributed by atoms with Gasteiger partial charge < -0.3 is 5.73 Å². The number of thiophene rings is 1. The van der Waals surface area contributed by atoms with Crippen molar-refractivity contribution in [1.29, 1.82) is 0 Å². The van der Waals surface area contributed by atoms with Crippen molar-refractivity contribution in [2.24, 2.45) is 0 Å². The molecule has 0 aliphatic heterocycles. The summed E-state index contributed by atoms with van der Waals surface area (Å²) in [6.45, 7) is 0. The number of hydrogen-bond acceptors (Lipinski definition) is 5. The number of anilines is 2. The van der Waals surface area contributed by atoms with E-state index in [0.717, 1.165) is 22.1 Å². The fraction of sp³-hybridized carbons (Fsp3) is 0. The molecular weight excluding hydrogens is 294 g/mol. The summed E-state index contributed by atoms with van der Waals surface area (Å²) >= 11 is 1.09. The van der Waals surface area contributed by atoms with Crippen LogP contribution in [-0.2, 0) is 10.0 Å². The molecule has 0 aliphatic carbocycles. The Morgan fingerprint density at radius 1 is 1.25 bits per heavy atom. The molecule has 0 radical (unpaired) electrons. The summed E-state index contributed by atoms with van der Waals surface area (Å²) in [6.07, 6.45) is 3.30. The molecule has 0 atom stereocenters.